The maximum Gasteiger partial charge on any atom is 0.148 e. The van der Waals surface area contributed by atoms with E-state index in [-0.39, 0.29) is 5.82 Å². The first-order valence-electron chi connectivity index (χ1n) is 6.14. The Morgan fingerprint density at radius 1 is 1.25 bits per heavy atom. The number of thiazole rings is 1. The smallest absolute Gasteiger partial charge is 0.148 e. The average Bonchev–Trinajstić information content (AvgIpc) is 3.06. The first-order chi connectivity index (χ1) is 9.70. The topological polar surface area (TPSA) is 42.7 Å². The Bertz CT molecular complexity index is 702. The van der Waals surface area contributed by atoms with E-state index in [1.54, 1.807) is 28.2 Å². The van der Waals surface area contributed by atoms with Crippen LogP contribution in [0.3, 0.4) is 0 Å². The zero-order valence-electron chi connectivity index (χ0n) is 10.9. The monoisotopic (exact) mass is 288 g/mol. The number of aryl methyl sites for hydroxylation is 1. The van der Waals surface area contributed by atoms with Gasteiger partial charge in [0.05, 0.1) is 12.2 Å². The number of rotatable bonds is 4. The largest absolute Gasteiger partial charge is 0.363 e. The van der Waals surface area contributed by atoms with Crippen molar-refractivity contribution >= 4 is 17.2 Å². The molecule has 3 rings (SSSR count). The third-order valence-corrected chi connectivity index (χ3v) is 3.75. The molecule has 0 fully saturated rings. The minimum absolute atomic E-state index is 0.234. The Kier molecular flexibility index (Phi) is 3.47. The summed E-state index contributed by atoms with van der Waals surface area (Å²) in [6.07, 6.45) is 1.88. The van der Waals surface area contributed by atoms with E-state index in [0.717, 1.165) is 22.1 Å². The molecule has 0 unspecified atom stereocenters. The molecule has 2 aromatic heterocycles. The molecule has 0 atom stereocenters. The lowest BCUT2D eigenvalue weighted by atomic mass is 10.2. The molecule has 102 valence electrons. The highest BCUT2D eigenvalue weighted by Gasteiger charge is 2.05. The van der Waals surface area contributed by atoms with Gasteiger partial charge in [-0.05, 0) is 24.3 Å². The van der Waals surface area contributed by atoms with E-state index in [2.05, 4.69) is 15.4 Å². The van der Waals surface area contributed by atoms with Crippen LogP contribution >= 0.6 is 11.3 Å². The maximum atomic E-state index is 12.9. The number of aromatic nitrogens is 3. The molecule has 0 aliphatic rings. The van der Waals surface area contributed by atoms with Gasteiger partial charge in [0.15, 0.2) is 0 Å². The molecule has 1 N–H and O–H groups in total. The van der Waals surface area contributed by atoms with Crippen molar-refractivity contribution in [1.29, 1.82) is 0 Å². The maximum absolute atomic E-state index is 12.9. The van der Waals surface area contributed by atoms with Gasteiger partial charge in [-0.2, -0.15) is 5.10 Å². The normalized spacial score (nSPS) is 10.7. The number of benzene rings is 1. The summed E-state index contributed by atoms with van der Waals surface area (Å²) in [5.74, 6) is 0.589. The van der Waals surface area contributed by atoms with E-state index in [9.17, 15) is 4.39 Å². The first-order valence-corrected chi connectivity index (χ1v) is 7.02. The zero-order valence-corrected chi connectivity index (χ0v) is 11.7. The number of anilines is 1. The average molecular weight is 288 g/mol. The first kappa shape index (κ1) is 12.8. The molecule has 4 nitrogen and oxygen atoms in total. The van der Waals surface area contributed by atoms with Crippen LogP contribution in [0.2, 0.25) is 0 Å². The molecule has 0 saturated carbocycles. The Morgan fingerprint density at radius 3 is 2.75 bits per heavy atom. The van der Waals surface area contributed by atoms with Gasteiger partial charge in [-0.1, -0.05) is 0 Å². The van der Waals surface area contributed by atoms with Gasteiger partial charge in [0.25, 0.3) is 0 Å². The predicted octanol–water partition coefficient (Wildman–Crippen LogP) is 3.29. The lowest BCUT2D eigenvalue weighted by molar-refractivity contribution is 0.628. The van der Waals surface area contributed by atoms with Crippen LogP contribution in [0, 0.1) is 5.82 Å². The number of hydrogen-bond acceptors (Lipinski definition) is 4. The molecular weight excluding hydrogens is 275 g/mol. The predicted molar refractivity (Wildman–Crippen MR) is 78.0 cm³/mol. The zero-order chi connectivity index (χ0) is 13.9. The number of nitrogens with zero attached hydrogens (tertiary/aromatic N) is 3. The van der Waals surface area contributed by atoms with Gasteiger partial charge in [-0.25, -0.2) is 9.37 Å². The van der Waals surface area contributed by atoms with Gasteiger partial charge >= 0.3 is 0 Å². The molecule has 0 radical (unpaired) electrons. The quantitative estimate of drug-likeness (QED) is 0.801. The van der Waals surface area contributed by atoms with Crippen molar-refractivity contribution in [2.45, 2.75) is 6.54 Å². The lowest BCUT2D eigenvalue weighted by Gasteiger charge is -1.99. The summed E-state index contributed by atoms with van der Waals surface area (Å²) in [6.45, 7) is 0.620. The fourth-order valence-corrected chi connectivity index (χ4v) is 2.63. The number of halogens is 1. The summed E-state index contributed by atoms with van der Waals surface area (Å²) in [7, 11) is 1.88. The Morgan fingerprint density at radius 2 is 2.05 bits per heavy atom. The molecule has 6 heteroatoms. The van der Waals surface area contributed by atoms with Crippen molar-refractivity contribution < 1.29 is 4.39 Å². The van der Waals surface area contributed by atoms with Crippen LogP contribution in [0.4, 0.5) is 10.2 Å². The third kappa shape index (κ3) is 2.85. The molecule has 0 bridgehead atoms. The van der Waals surface area contributed by atoms with Crippen LogP contribution in [0.15, 0.2) is 41.9 Å². The van der Waals surface area contributed by atoms with Gasteiger partial charge in [0, 0.05) is 30.3 Å². The summed E-state index contributed by atoms with van der Waals surface area (Å²) in [5.41, 5.74) is 1.88. The van der Waals surface area contributed by atoms with Crippen LogP contribution in [0.25, 0.3) is 10.6 Å². The highest BCUT2D eigenvalue weighted by Crippen LogP contribution is 2.24. The van der Waals surface area contributed by atoms with Crippen molar-refractivity contribution in [1.82, 2.24) is 14.8 Å². The second kappa shape index (κ2) is 5.42. The molecule has 0 aliphatic carbocycles. The Balaban J connectivity index is 1.69. The van der Waals surface area contributed by atoms with E-state index in [4.69, 9.17) is 0 Å². The fourth-order valence-electron chi connectivity index (χ4n) is 1.80. The van der Waals surface area contributed by atoms with E-state index < -0.39 is 0 Å². The summed E-state index contributed by atoms with van der Waals surface area (Å²) in [4.78, 5) is 4.53. The molecular formula is C14H13FN4S. The van der Waals surface area contributed by atoms with Crippen molar-refractivity contribution in [3.05, 3.63) is 53.4 Å². The molecule has 0 aliphatic heterocycles. The highest BCUT2D eigenvalue weighted by molar-refractivity contribution is 7.13. The number of nitrogens with one attached hydrogen (secondary N) is 1. The van der Waals surface area contributed by atoms with Crippen molar-refractivity contribution in [3.63, 3.8) is 0 Å². The summed E-state index contributed by atoms with van der Waals surface area (Å²) in [5, 5.41) is 10.3. The second-order valence-electron chi connectivity index (χ2n) is 4.38. The SMILES string of the molecule is Cn1ccc(NCc2csc(-c3ccc(F)cc3)n2)n1. The Labute approximate surface area is 119 Å². The van der Waals surface area contributed by atoms with Gasteiger partial charge in [0.1, 0.15) is 16.6 Å². The molecule has 2 heterocycles. The van der Waals surface area contributed by atoms with Gasteiger partial charge < -0.3 is 5.32 Å². The van der Waals surface area contributed by atoms with Gasteiger partial charge in [0.2, 0.25) is 0 Å². The third-order valence-electron chi connectivity index (χ3n) is 2.81. The van der Waals surface area contributed by atoms with Crippen molar-refractivity contribution in [2.75, 3.05) is 5.32 Å². The number of hydrogen-bond donors (Lipinski definition) is 1. The lowest BCUT2D eigenvalue weighted by Crippen LogP contribution is -2.01. The van der Waals surface area contributed by atoms with E-state index in [1.165, 1.54) is 12.1 Å². The van der Waals surface area contributed by atoms with Crippen LogP contribution in [0.1, 0.15) is 5.69 Å². The standard InChI is InChI=1S/C14H13FN4S/c1-19-7-6-13(18-19)16-8-12-9-20-14(17-12)10-2-4-11(15)5-3-10/h2-7,9H,8H2,1H3,(H,16,18). The summed E-state index contributed by atoms with van der Waals surface area (Å²) < 4.78 is 14.6. The Hall–Kier alpha value is -2.21. The molecule has 0 saturated heterocycles. The van der Waals surface area contributed by atoms with E-state index >= 15 is 0 Å². The summed E-state index contributed by atoms with van der Waals surface area (Å²) >= 11 is 1.55. The second-order valence-corrected chi connectivity index (χ2v) is 5.24. The minimum Gasteiger partial charge on any atom is -0.363 e. The van der Waals surface area contributed by atoms with Gasteiger partial charge in [-0.15, -0.1) is 11.3 Å². The molecule has 0 amide bonds. The van der Waals surface area contributed by atoms with Crippen LogP contribution < -0.4 is 5.32 Å². The molecule has 3 aromatic rings. The molecule has 0 spiro atoms. The molecule has 20 heavy (non-hydrogen) atoms. The summed E-state index contributed by atoms with van der Waals surface area (Å²) in [6, 6.07) is 8.28. The molecule has 1 aromatic carbocycles. The fraction of sp³-hybridized carbons (Fsp3) is 0.143. The van der Waals surface area contributed by atoms with Gasteiger partial charge in [-0.3, -0.25) is 4.68 Å². The van der Waals surface area contributed by atoms with E-state index in [1.807, 2.05) is 24.7 Å². The van der Waals surface area contributed by atoms with Crippen LogP contribution in [-0.4, -0.2) is 14.8 Å². The van der Waals surface area contributed by atoms with Crippen LogP contribution in [0.5, 0.6) is 0 Å². The van der Waals surface area contributed by atoms with Crippen LogP contribution in [-0.2, 0) is 13.6 Å². The van der Waals surface area contributed by atoms with E-state index in [0.29, 0.717) is 6.54 Å². The minimum atomic E-state index is -0.234. The van der Waals surface area contributed by atoms with Crippen molar-refractivity contribution in [2.24, 2.45) is 7.05 Å². The van der Waals surface area contributed by atoms with Crippen molar-refractivity contribution in [3.8, 4) is 10.6 Å². The highest BCUT2D eigenvalue weighted by atomic mass is 32.1.